The smallest absolute Gasteiger partial charge is 0.272 e. The molecule has 7 heteroatoms. The number of carbonyl (C=O) groups is 1. The first-order valence-corrected chi connectivity index (χ1v) is 7.72. The molecule has 3 aromatic rings. The van der Waals surface area contributed by atoms with E-state index in [-0.39, 0.29) is 5.91 Å². The highest BCUT2D eigenvalue weighted by Gasteiger charge is 2.13. The lowest BCUT2D eigenvalue weighted by molar-refractivity contribution is 0.0946. The number of aromatic nitrogens is 2. The van der Waals surface area contributed by atoms with Crippen LogP contribution in [0.2, 0.25) is 0 Å². The minimum Gasteiger partial charge on any atom is -0.493 e. The van der Waals surface area contributed by atoms with Gasteiger partial charge >= 0.3 is 0 Å². The number of amides is 1. The van der Waals surface area contributed by atoms with E-state index in [4.69, 9.17) is 13.9 Å². The highest BCUT2D eigenvalue weighted by Crippen LogP contribution is 2.27. The van der Waals surface area contributed by atoms with Crippen LogP contribution in [0.5, 0.6) is 11.5 Å². The summed E-state index contributed by atoms with van der Waals surface area (Å²) in [6.07, 6.45) is 0. The van der Waals surface area contributed by atoms with Gasteiger partial charge in [0.2, 0.25) is 0 Å². The van der Waals surface area contributed by atoms with E-state index in [1.54, 1.807) is 26.4 Å². The monoisotopic (exact) mass is 341 g/mol. The average molecular weight is 341 g/mol. The highest BCUT2D eigenvalue weighted by molar-refractivity contribution is 5.93. The Morgan fingerprint density at radius 1 is 1.16 bits per heavy atom. The van der Waals surface area contributed by atoms with Crippen molar-refractivity contribution in [2.45, 2.75) is 13.5 Å². The Morgan fingerprint density at radius 2 is 1.96 bits per heavy atom. The molecule has 3 rings (SSSR count). The second-order valence-electron chi connectivity index (χ2n) is 5.45. The van der Waals surface area contributed by atoms with E-state index < -0.39 is 0 Å². The standard InChI is InChI=1S/C18H19N3O4/c1-11-4-6-15(25-11)13-9-14(21-20-13)18(22)19-10-12-5-7-16(23-2)17(8-12)24-3/h4-9H,10H2,1-3H3,(H,19,22)(H,20,21). The topological polar surface area (TPSA) is 89.4 Å². The van der Waals surface area contributed by atoms with Crippen molar-refractivity contribution < 1.29 is 18.7 Å². The van der Waals surface area contributed by atoms with E-state index >= 15 is 0 Å². The van der Waals surface area contributed by atoms with Crippen LogP contribution in [0, 0.1) is 6.92 Å². The molecule has 0 aliphatic rings. The second kappa shape index (κ2) is 7.12. The molecule has 0 bridgehead atoms. The first-order valence-electron chi connectivity index (χ1n) is 7.72. The van der Waals surface area contributed by atoms with Gasteiger partial charge in [0.15, 0.2) is 23.0 Å². The van der Waals surface area contributed by atoms with Gasteiger partial charge in [-0.25, -0.2) is 0 Å². The summed E-state index contributed by atoms with van der Waals surface area (Å²) >= 11 is 0. The van der Waals surface area contributed by atoms with Gasteiger partial charge < -0.3 is 19.2 Å². The zero-order valence-corrected chi connectivity index (χ0v) is 14.3. The van der Waals surface area contributed by atoms with E-state index in [0.29, 0.717) is 35.2 Å². The van der Waals surface area contributed by atoms with Crippen LogP contribution in [-0.2, 0) is 6.54 Å². The molecule has 2 aromatic heterocycles. The summed E-state index contributed by atoms with van der Waals surface area (Å²) in [6.45, 7) is 2.21. The number of hydrogen-bond acceptors (Lipinski definition) is 5. The Balaban J connectivity index is 1.66. The Morgan fingerprint density at radius 3 is 2.64 bits per heavy atom. The number of furan rings is 1. The molecule has 7 nitrogen and oxygen atoms in total. The van der Waals surface area contributed by atoms with Crippen LogP contribution in [0.25, 0.3) is 11.5 Å². The Hall–Kier alpha value is -3.22. The van der Waals surface area contributed by atoms with Crippen LogP contribution in [0.1, 0.15) is 21.8 Å². The summed E-state index contributed by atoms with van der Waals surface area (Å²) in [5, 5.41) is 9.67. The zero-order chi connectivity index (χ0) is 17.8. The van der Waals surface area contributed by atoms with Gasteiger partial charge in [0.1, 0.15) is 11.5 Å². The summed E-state index contributed by atoms with van der Waals surface area (Å²) in [5.74, 6) is 2.42. The van der Waals surface area contributed by atoms with Gasteiger partial charge in [0, 0.05) is 12.6 Å². The molecule has 0 aliphatic heterocycles. The van der Waals surface area contributed by atoms with Gasteiger partial charge in [0.05, 0.1) is 14.2 Å². The van der Waals surface area contributed by atoms with Crippen molar-refractivity contribution in [1.82, 2.24) is 15.5 Å². The van der Waals surface area contributed by atoms with Gasteiger partial charge in [-0.2, -0.15) is 5.10 Å². The van der Waals surface area contributed by atoms with Crippen molar-refractivity contribution in [1.29, 1.82) is 0 Å². The van der Waals surface area contributed by atoms with Crippen molar-refractivity contribution in [3.63, 3.8) is 0 Å². The molecule has 0 spiro atoms. The summed E-state index contributed by atoms with van der Waals surface area (Å²) in [6, 6.07) is 10.8. The molecule has 1 amide bonds. The van der Waals surface area contributed by atoms with E-state index in [1.807, 2.05) is 31.2 Å². The van der Waals surface area contributed by atoms with Gasteiger partial charge in [-0.15, -0.1) is 0 Å². The number of hydrogen-bond donors (Lipinski definition) is 2. The highest BCUT2D eigenvalue weighted by atomic mass is 16.5. The summed E-state index contributed by atoms with van der Waals surface area (Å²) in [7, 11) is 3.15. The number of H-pyrrole nitrogens is 1. The number of rotatable bonds is 6. The molecule has 0 atom stereocenters. The summed E-state index contributed by atoms with van der Waals surface area (Å²) < 4.78 is 16.0. The number of aromatic amines is 1. The van der Waals surface area contributed by atoms with Crippen molar-refractivity contribution >= 4 is 5.91 Å². The van der Waals surface area contributed by atoms with E-state index in [9.17, 15) is 4.79 Å². The SMILES string of the molecule is COc1ccc(CNC(=O)c2cc(-c3ccc(C)o3)[nH]n2)cc1OC. The minimum atomic E-state index is -0.277. The number of nitrogens with one attached hydrogen (secondary N) is 2. The van der Waals surface area contributed by atoms with Gasteiger partial charge in [-0.1, -0.05) is 6.07 Å². The van der Waals surface area contributed by atoms with Crippen molar-refractivity contribution in [2.75, 3.05) is 14.2 Å². The van der Waals surface area contributed by atoms with E-state index in [0.717, 1.165) is 11.3 Å². The molecule has 0 fully saturated rings. The second-order valence-corrected chi connectivity index (χ2v) is 5.45. The third kappa shape index (κ3) is 3.65. The molecule has 0 saturated heterocycles. The van der Waals surface area contributed by atoms with Crippen molar-refractivity contribution in [3.05, 3.63) is 53.4 Å². The van der Waals surface area contributed by atoms with Crippen LogP contribution < -0.4 is 14.8 Å². The molecule has 1 aromatic carbocycles. The molecular weight excluding hydrogens is 322 g/mol. The lowest BCUT2D eigenvalue weighted by Crippen LogP contribution is -2.23. The molecule has 2 heterocycles. The number of benzene rings is 1. The number of carbonyl (C=O) groups excluding carboxylic acids is 1. The quantitative estimate of drug-likeness (QED) is 0.719. The number of nitrogens with zero attached hydrogens (tertiary/aromatic N) is 1. The third-order valence-electron chi connectivity index (χ3n) is 3.72. The Labute approximate surface area is 145 Å². The van der Waals surface area contributed by atoms with Gasteiger partial charge in [-0.05, 0) is 36.8 Å². The number of ether oxygens (including phenoxy) is 2. The maximum absolute atomic E-state index is 12.3. The lowest BCUT2D eigenvalue weighted by atomic mass is 10.2. The van der Waals surface area contributed by atoms with E-state index in [1.165, 1.54) is 0 Å². The maximum Gasteiger partial charge on any atom is 0.272 e. The number of methoxy groups -OCH3 is 2. The van der Waals surface area contributed by atoms with Crippen molar-refractivity contribution in [2.24, 2.45) is 0 Å². The molecule has 2 N–H and O–H groups in total. The fourth-order valence-corrected chi connectivity index (χ4v) is 2.41. The molecule has 0 radical (unpaired) electrons. The molecule has 0 saturated carbocycles. The fraction of sp³-hybridized carbons (Fsp3) is 0.222. The van der Waals surface area contributed by atoms with Crippen LogP contribution in [0.15, 0.2) is 40.8 Å². The molecule has 0 aliphatic carbocycles. The maximum atomic E-state index is 12.3. The Kier molecular flexibility index (Phi) is 4.74. The molecule has 130 valence electrons. The Bertz CT molecular complexity index is 882. The van der Waals surface area contributed by atoms with Crippen LogP contribution in [0.3, 0.4) is 0 Å². The van der Waals surface area contributed by atoms with Crippen LogP contribution >= 0.6 is 0 Å². The largest absolute Gasteiger partial charge is 0.493 e. The normalized spacial score (nSPS) is 10.5. The van der Waals surface area contributed by atoms with Crippen LogP contribution in [0.4, 0.5) is 0 Å². The first-order chi connectivity index (χ1) is 12.1. The third-order valence-corrected chi connectivity index (χ3v) is 3.72. The van der Waals surface area contributed by atoms with Crippen molar-refractivity contribution in [3.8, 4) is 23.0 Å². The average Bonchev–Trinajstić information content (AvgIpc) is 3.28. The molecule has 0 unspecified atom stereocenters. The predicted octanol–water partition coefficient (Wildman–Crippen LogP) is 2.93. The number of aryl methyl sites for hydroxylation is 1. The minimum absolute atomic E-state index is 0.277. The fourth-order valence-electron chi connectivity index (χ4n) is 2.41. The molecular formula is C18H19N3O4. The summed E-state index contributed by atoms with van der Waals surface area (Å²) in [5.41, 5.74) is 1.84. The lowest BCUT2D eigenvalue weighted by Gasteiger charge is -2.09. The van der Waals surface area contributed by atoms with Gasteiger partial charge in [0.25, 0.3) is 5.91 Å². The predicted molar refractivity (Wildman–Crippen MR) is 91.7 cm³/mol. The summed E-state index contributed by atoms with van der Waals surface area (Å²) in [4.78, 5) is 12.3. The first kappa shape index (κ1) is 16.6. The molecule has 25 heavy (non-hydrogen) atoms. The van der Waals surface area contributed by atoms with Gasteiger partial charge in [-0.3, -0.25) is 9.89 Å². The zero-order valence-electron chi connectivity index (χ0n) is 14.3. The van der Waals surface area contributed by atoms with E-state index in [2.05, 4.69) is 15.5 Å². The van der Waals surface area contributed by atoms with Crippen LogP contribution in [-0.4, -0.2) is 30.3 Å².